The summed E-state index contributed by atoms with van der Waals surface area (Å²) < 4.78 is 0. The molecule has 0 saturated carbocycles. The molecule has 0 fully saturated rings. The Hall–Kier alpha value is -5.26. The Kier molecular flexibility index (Phi) is 11.2. The standard InChI is InChI=1S/C34H37N3O8/c1-21-2-3-22(16-30(21)40)8-11-35-33(43)26-14-25(20-45-37-13-10-24-5-7-29(39)32(42)18-24)15-27(19-26)34(44)36-12-9-23-4-6-28(38)31(41)17-23/h2-7,14-19,37-42H,8-13,20H2,1H3,(H,35,43)(H,36,44). The Balaban J connectivity index is 1.38. The first-order valence-corrected chi connectivity index (χ1v) is 14.4. The highest BCUT2D eigenvalue weighted by Gasteiger charge is 2.14. The second-order valence-electron chi connectivity index (χ2n) is 10.6. The lowest BCUT2D eigenvalue weighted by atomic mass is 10.0. The molecule has 236 valence electrons. The fourth-order valence-electron chi connectivity index (χ4n) is 4.54. The van der Waals surface area contributed by atoms with E-state index >= 15 is 0 Å². The van der Waals surface area contributed by atoms with Crippen molar-refractivity contribution in [3.63, 3.8) is 0 Å². The summed E-state index contributed by atoms with van der Waals surface area (Å²) in [6, 6.07) is 19.2. The summed E-state index contributed by atoms with van der Waals surface area (Å²) in [7, 11) is 0. The molecular weight excluding hydrogens is 578 g/mol. The van der Waals surface area contributed by atoms with Gasteiger partial charge in [-0.15, -0.1) is 0 Å². The summed E-state index contributed by atoms with van der Waals surface area (Å²) in [6.45, 7) is 2.83. The van der Waals surface area contributed by atoms with Crippen LogP contribution in [0.2, 0.25) is 0 Å². The van der Waals surface area contributed by atoms with Crippen molar-refractivity contribution in [1.29, 1.82) is 0 Å². The van der Waals surface area contributed by atoms with Crippen LogP contribution < -0.4 is 16.1 Å². The minimum absolute atomic E-state index is 0.0532. The van der Waals surface area contributed by atoms with Crippen molar-refractivity contribution >= 4 is 11.8 Å². The smallest absolute Gasteiger partial charge is 0.251 e. The lowest BCUT2D eigenvalue weighted by molar-refractivity contribution is 0.0288. The van der Waals surface area contributed by atoms with E-state index in [0.29, 0.717) is 37.9 Å². The van der Waals surface area contributed by atoms with E-state index in [2.05, 4.69) is 16.1 Å². The molecule has 0 radical (unpaired) electrons. The van der Waals surface area contributed by atoms with E-state index in [0.717, 1.165) is 22.3 Å². The van der Waals surface area contributed by atoms with Gasteiger partial charge in [-0.1, -0.05) is 24.3 Å². The molecule has 0 heterocycles. The lowest BCUT2D eigenvalue weighted by Gasteiger charge is -2.12. The molecule has 0 aliphatic heterocycles. The van der Waals surface area contributed by atoms with Gasteiger partial charge in [0.2, 0.25) is 0 Å². The number of carbonyl (C=O) groups is 2. The van der Waals surface area contributed by atoms with Crippen LogP contribution in [0.4, 0.5) is 0 Å². The van der Waals surface area contributed by atoms with Crippen molar-refractivity contribution in [2.45, 2.75) is 32.8 Å². The fourth-order valence-corrected chi connectivity index (χ4v) is 4.54. The molecule has 0 aliphatic carbocycles. The van der Waals surface area contributed by atoms with E-state index in [1.54, 1.807) is 37.3 Å². The van der Waals surface area contributed by atoms with Crippen molar-refractivity contribution in [1.82, 2.24) is 16.1 Å². The lowest BCUT2D eigenvalue weighted by Crippen LogP contribution is -2.28. The molecular formula is C34H37N3O8. The molecule has 0 aromatic heterocycles. The maximum absolute atomic E-state index is 13.1. The maximum Gasteiger partial charge on any atom is 0.251 e. The summed E-state index contributed by atoms with van der Waals surface area (Å²) in [5.74, 6) is -1.44. The average molecular weight is 616 g/mol. The number of hydroxylamine groups is 1. The molecule has 0 spiro atoms. The molecule has 11 nitrogen and oxygen atoms in total. The van der Waals surface area contributed by atoms with Crippen molar-refractivity contribution in [3.05, 3.63) is 112 Å². The Morgan fingerprint density at radius 2 is 1.02 bits per heavy atom. The Morgan fingerprint density at radius 3 is 1.51 bits per heavy atom. The Morgan fingerprint density at radius 1 is 0.556 bits per heavy atom. The van der Waals surface area contributed by atoms with Crippen LogP contribution in [-0.2, 0) is 30.7 Å². The SMILES string of the molecule is Cc1ccc(CCNC(=O)c2cc(CONCCc3ccc(O)c(O)c3)cc(C(=O)NCCc3ccc(O)c(O)c3)c2)cc1O. The predicted molar refractivity (Wildman–Crippen MR) is 167 cm³/mol. The van der Waals surface area contributed by atoms with Crippen molar-refractivity contribution in [3.8, 4) is 28.7 Å². The number of amides is 2. The van der Waals surface area contributed by atoms with Gasteiger partial charge in [0.15, 0.2) is 23.0 Å². The molecule has 4 rings (SSSR count). The zero-order valence-electron chi connectivity index (χ0n) is 24.8. The number of rotatable bonds is 14. The molecule has 0 saturated heterocycles. The van der Waals surface area contributed by atoms with Gasteiger partial charge in [-0.2, -0.15) is 0 Å². The van der Waals surface area contributed by atoms with Crippen LogP contribution in [0.3, 0.4) is 0 Å². The number of phenolic OH excluding ortho intramolecular Hbond substituents is 5. The zero-order chi connectivity index (χ0) is 32.3. The summed E-state index contributed by atoms with van der Waals surface area (Å²) in [5, 5.41) is 54.0. The Bertz CT molecular complexity index is 1570. The first kappa shape index (κ1) is 32.6. The second kappa shape index (κ2) is 15.5. The van der Waals surface area contributed by atoms with E-state index < -0.39 is 5.91 Å². The largest absolute Gasteiger partial charge is 0.508 e. The molecule has 0 unspecified atom stereocenters. The average Bonchev–Trinajstić information content (AvgIpc) is 3.02. The molecule has 4 aromatic carbocycles. The van der Waals surface area contributed by atoms with Gasteiger partial charge in [0.25, 0.3) is 11.8 Å². The van der Waals surface area contributed by atoms with Crippen LogP contribution in [0.15, 0.2) is 72.8 Å². The van der Waals surface area contributed by atoms with Gasteiger partial charge in [0, 0.05) is 30.8 Å². The van der Waals surface area contributed by atoms with E-state index in [1.807, 2.05) is 12.1 Å². The third-order valence-electron chi connectivity index (χ3n) is 7.13. The highest BCUT2D eigenvalue weighted by Crippen LogP contribution is 2.26. The summed E-state index contributed by atoms with van der Waals surface area (Å²) >= 11 is 0. The normalized spacial score (nSPS) is 10.9. The molecule has 2 amide bonds. The van der Waals surface area contributed by atoms with Gasteiger partial charge in [-0.25, -0.2) is 5.48 Å². The monoisotopic (exact) mass is 615 g/mol. The summed E-state index contributed by atoms with van der Waals surface area (Å²) in [5.41, 5.74) is 7.10. The first-order chi connectivity index (χ1) is 21.6. The predicted octanol–water partition coefficient (Wildman–Crippen LogP) is 3.73. The highest BCUT2D eigenvalue weighted by molar-refractivity contribution is 6.00. The third-order valence-corrected chi connectivity index (χ3v) is 7.13. The number of phenols is 5. The highest BCUT2D eigenvalue weighted by atomic mass is 16.6. The number of benzene rings is 4. The molecule has 45 heavy (non-hydrogen) atoms. The number of aryl methyl sites for hydroxylation is 1. The Labute approximate surface area is 260 Å². The summed E-state index contributed by atoms with van der Waals surface area (Å²) in [6.07, 6.45) is 1.43. The second-order valence-corrected chi connectivity index (χ2v) is 10.6. The van der Waals surface area contributed by atoms with Crippen molar-refractivity contribution < 1.29 is 40.0 Å². The van der Waals surface area contributed by atoms with Crippen LogP contribution in [-0.4, -0.2) is 57.0 Å². The van der Waals surface area contributed by atoms with Gasteiger partial charge in [-0.05, 0) is 103 Å². The summed E-state index contributed by atoms with van der Waals surface area (Å²) in [4.78, 5) is 31.8. The number of nitrogens with one attached hydrogen (secondary N) is 3. The fraction of sp³-hybridized carbons (Fsp3) is 0.235. The number of aromatic hydroxyl groups is 5. The van der Waals surface area contributed by atoms with E-state index in [9.17, 15) is 35.1 Å². The topological polar surface area (TPSA) is 181 Å². The quantitative estimate of drug-likeness (QED) is 0.0596. The minimum atomic E-state index is -0.399. The van der Waals surface area contributed by atoms with Gasteiger partial charge in [0.1, 0.15) is 5.75 Å². The van der Waals surface area contributed by atoms with Crippen LogP contribution in [0.25, 0.3) is 0 Å². The third kappa shape index (κ3) is 9.62. The van der Waals surface area contributed by atoms with E-state index in [4.69, 9.17) is 4.84 Å². The first-order valence-electron chi connectivity index (χ1n) is 14.4. The van der Waals surface area contributed by atoms with Crippen LogP contribution in [0, 0.1) is 6.92 Å². The molecule has 4 aromatic rings. The maximum atomic E-state index is 13.1. The molecule has 0 atom stereocenters. The van der Waals surface area contributed by atoms with Gasteiger partial charge in [0.05, 0.1) is 6.61 Å². The van der Waals surface area contributed by atoms with Crippen LogP contribution in [0.1, 0.15) is 48.5 Å². The molecule has 8 N–H and O–H groups in total. The van der Waals surface area contributed by atoms with Gasteiger partial charge >= 0.3 is 0 Å². The van der Waals surface area contributed by atoms with Crippen LogP contribution >= 0.6 is 0 Å². The molecule has 0 aliphatic rings. The number of hydrogen-bond acceptors (Lipinski definition) is 9. The van der Waals surface area contributed by atoms with Crippen molar-refractivity contribution in [2.24, 2.45) is 0 Å². The zero-order valence-corrected chi connectivity index (χ0v) is 24.8. The van der Waals surface area contributed by atoms with E-state index in [-0.39, 0.29) is 58.9 Å². The number of hydrogen-bond donors (Lipinski definition) is 8. The van der Waals surface area contributed by atoms with Gasteiger partial charge in [-0.3, -0.25) is 14.4 Å². The molecule has 0 bridgehead atoms. The van der Waals surface area contributed by atoms with E-state index in [1.165, 1.54) is 30.3 Å². The van der Waals surface area contributed by atoms with Gasteiger partial charge < -0.3 is 36.2 Å². The molecule has 11 heteroatoms. The van der Waals surface area contributed by atoms with Crippen LogP contribution in [0.5, 0.6) is 28.7 Å². The minimum Gasteiger partial charge on any atom is -0.508 e. The van der Waals surface area contributed by atoms with Crippen molar-refractivity contribution in [2.75, 3.05) is 19.6 Å². The number of carbonyl (C=O) groups excluding carboxylic acids is 2.